The van der Waals surface area contributed by atoms with Crippen molar-refractivity contribution in [3.8, 4) is 0 Å². The fourth-order valence-electron chi connectivity index (χ4n) is 1.20. The second-order valence-corrected chi connectivity index (χ2v) is 2.97. The first-order valence-corrected chi connectivity index (χ1v) is 4.38. The van der Waals surface area contributed by atoms with Gasteiger partial charge in [-0.25, -0.2) is 4.98 Å². The molecule has 0 spiro atoms. The van der Waals surface area contributed by atoms with Gasteiger partial charge in [0.1, 0.15) is 5.82 Å². The molecule has 0 unspecified atom stereocenters. The van der Waals surface area contributed by atoms with Gasteiger partial charge in [0.2, 0.25) is 0 Å². The molecule has 14 heavy (non-hydrogen) atoms. The molecular weight excluding hydrogens is 174 g/mol. The summed E-state index contributed by atoms with van der Waals surface area (Å²) < 4.78 is 0. The van der Waals surface area contributed by atoms with Gasteiger partial charge in [-0.1, -0.05) is 12.1 Å². The zero-order chi connectivity index (χ0) is 9.80. The van der Waals surface area contributed by atoms with E-state index in [9.17, 15) is 0 Å². The molecule has 1 aromatic heterocycles. The molecule has 3 N–H and O–H groups in total. The van der Waals surface area contributed by atoms with E-state index < -0.39 is 0 Å². The summed E-state index contributed by atoms with van der Waals surface area (Å²) >= 11 is 0. The van der Waals surface area contributed by atoms with Gasteiger partial charge >= 0.3 is 0 Å². The molecule has 3 heteroatoms. The highest BCUT2D eigenvalue weighted by atomic mass is 15.0. The molecular formula is C11H11N3. The summed E-state index contributed by atoms with van der Waals surface area (Å²) in [4.78, 5) is 4.15. The van der Waals surface area contributed by atoms with Gasteiger partial charge in [-0.05, 0) is 30.3 Å². The van der Waals surface area contributed by atoms with Crippen LogP contribution in [0.15, 0.2) is 48.7 Å². The third-order valence-corrected chi connectivity index (χ3v) is 1.82. The highest BCUT2D eigenvalue weighted by molar-refractivity contribution is 5.60. The third-order valence-electron chi connectivity index (χ3n) is 1.82. The van der Waals surface area contributed by atoms with E-state index in [1.54, 1.807) is 6.20 Å². The summed E-state index contributed by atoms with van der Waals surface area (Å²) in [7, 11) is 0. The molecule has 0 amide bonds. The lowest BCUT2D eigenvalue weighted by Gasteiger charge is -2.05. The average molecular weight is 185 g/mol. The zero-order valence-electron chi connectivity index (χ0n) is 7.64. The number of nitrogens with one attached hydrogen (secondary N) is 1. The molecule has 0 radical (unpaired) electrons. The summed E-state index contributed by atoms with van der Waals surface area (Å²) in [5.74, 6) is 0.818. The van der Waals surface area contributed by atoms with E-state index in [0.29, 0.717) is 0 Å². The smallest absolute Gasteiger partial charge is 0.130 e. The van der Waals surface area contributed by atoms with Crippen LogP contribution in [0.25, 0.3) is 0 Å². The van der Waals surface area contributed by atoms with E-state index in [1.807, 2.05) is 42.5 Å². The first-order valence-electron chi connectivity index (χ1n) is 4.38. The molecule has 0 fully saturated rings. The molecule has 1 heterocycles. The maximum Gasteiger partial charge on any atom is 0.130 e. The molecule has 0 bridgehead atoms. The number of aromatic nitrogens is 1. The lowest BCUT2D eigenvalue weighted by molar-refractivity contribution is 1.31. The van der Waals surface area contributed by atoms with Crippen LogP contribution in [0, 0.1) is 0 Å². The summed E-state index contributed by atoms with van der Waals surface area (Å²) in [5, 5.41) is 3.15. The monoisotopic (exact) mass is 185 g/mol. The number of anilines is 3. The number of hydrogen-bond donors (Lipinski definition) is 2. The van der Waals surface area contributed by atoms with Crippen LogP contribution in [-0.2, 0) is 0 Å². The lowest BCUT2D eigenvalue weighted by Crippen LogP contribution is -1.93. The maximum absolute atomic E-state index is 5.65. The van der Waals surface area contributed by atoms with Crippen molar-refractivity contribution in [3.05, 3.63) is 48.7 Å². The van der Waals surface area contributed by atoms with Gasteiger partial charge in [0.05, 0.1) is 0 Å². The van der Waals surface area contributed by atoms with Gasteiger partial charge in [0.25, 0.3) is 0 Å². The second kappa shape index (κ2) is 3.79. The normalized spacial score (nSPS) is 9.71. The molecule has 0 aliphatic rings. The van der Waals surface area contributed by atoms with Crippen molar-refractivity contribution in [1.29, 1.82) is 0 Å². The third kappa shape index (κ3) is 2.01. The fourth-order valence-corrected chi connectivity index (χ4v) is 1.20. The first kappa shape index (κ1) is 8.56. The molecule has 0 aliphatic heterocycles. The Morgan fingerprint density at radius 2 is 2.00 bits per heavy atom. The Balaban J connectivity index is 2.19. The van der Waals surface area contributed by atoms with E-state index in [0.717, 1.165) is 17.2 Å². The number of nitrogens with zero attached hydrogens (tertiary/aromatic N) is 1. The molecule has 0 atom stereocenters. The predicted molar refractivity (Wildman–Crippen MR) is 58.4 cm³/mol. The minimum Gasteiger partial charge on any atom is -0.399 e. The Labute approximate surface area is 82.6 Å². The number of pyridine rings is 1. The highest BCUT2D eigenvalue weighted by Gasteiger charge is 1.94. The van der Waals surface area contributed by atoms with Crippen molar-refractivity contribution < 1.29 is 0 Å². The second-order valence-electron chi connectivity index (χ2n) is 2.97. The Bertz CT molecular complexity index is 412. The Kier molecular flexibility index (Phi) is 2.32. The van der Waals surface area contributed by atoms with Crippen LogP contribution < -0.4 is 11.1 Å². The largest absolute Gasteiger partial charge is 0.399 e. The van der Waals surface area contributed by atoms with E-state index >= 15 is 0 Å². The van der Waals surface area contributed by atoms with Crippen LogP contribution >= 0.6 is 0 Å². The molecule has 70 valence electrons. The molecule has 2 rings (SSSR count). The summed E-state index contributed by atoms with van der Waals surface area (Å²) in [6.45, 7) is 0. The minimum atomic E-state index is 0.742. The van der Waals surface area contributed by atoms with Crippen LogP contribution in [0.4, 0.5) is 17.2 Å². The van der Waals surface area contributed by atoms with Gasteiger partial charge in [-0.2, -0.15) is 0 Å². The van der Waals surface area contributed by atoms with E-state index in [-0.39, 0.29) is 0 Å². The molecule has 1 aromatic carbocycles. The van der Waals surface area contributed by atoms with Gasteiger partial charge in [-0.15, -0.1) is 0 Å². The van der Waals surface area contributed by atoms with Crippen molar-refractivity contribution in [2.24, 2.45) is 0 Å². The van der Waals surface area contributed by atoms with Gasteiger partial charge in [0.15, 0.2) is 0 Å². The topological polar surface area (TPSA) is 50.9 Å². The first-order chi connectivity index (χ1) is 6.84. The van der Waals surface area contributed by atoms with Crippen molar-refractivity contribution >= 4 is 17.2 Å². The predicted octanol–water partition coefficient (Wildman–Crippen LogP) is 2.41. The van der Waals surface area contributed by atoms with Crippen LogP contribution in [0.2, 0.25) is 0 Å². The fraction of sp³-hybridized carbons (Fsp3) is 0. The quantitative estimate of drug-likeness (QED) is 0.706. The van der Waals surface area contributed by atoms with Crippen LogP contribution in [0.3, 0.4) is 0 Å². The zero-order valence-corrected chi connectivity index (χ0v) is 7.64. The van der Waals surface area contributed by atoms with Crippen molar-refractivity contribution in [2.75, 3.05) is 11.1 Å². The van der Waals surface area contributed by atoms with Crippen LogP contribution in [0.5, 0.6) is 0 Å². The summed E-state index contributed by atoms with van der Waals surface area (Å²) in [6, 6.07) is 13.3. The highest BCUT2D eigenvalue weighted by Crippen LogP contribution is 2.16. The Morgan fingerprint density at radius 1 is 1.07 bits per heavy atom. The molecule has 2 aromatic rings. The van der Waals surface area contributed by atoms with Crippen LogP contribution in [0.1, 0.15) is 0 Å². The number of benzene rings is 1. The van der Waals surface area contributed by atoms with Crippen LogP contribution in [-0.4, -0.2) is 4.98 Å². The van der Waals surface area contributed by atoms with Gasteiger partial charge in [-0.3, -0.25) is 0 Å². The summed E-state index contributed by atoms with van der Waals surface area (Å²) in [6.07, 6.45) is 1.74. The average Bonchev–Trinajstić information content (AvgIpc) is 2.19. The standard InChI is InChI=1S/C11H11N3/c12-9-4-3-5-10(8-9)14-11-6-1-2-7-13-11/h1-8H,12H2,(H,13,14). The SMILES string of the molecule is Nc1cccc(Nc2ccccn2)c1. The maximum atomic E-state index is 5.65. The Morgan fingerprint density at radius 3 is 2.71 bits per heavy atom. The van der Waals surface area contributed by atoms with Crippen molar-refractivity contribution in [2.45, 2.75) is 0 Å². The minimum absolute atomic E-state index is 0.742. The van der Waals surface area contributed by atoms with E-state index in [1.165, 1.54) is 0 Å². The molecule has 0 aliphatic carbocycles. The van der Waals surface area contributed by atoms with Crippen molar-refractivity contribution in [1.82, 2.24) is 4.98 Å². The number of rotatable bonds is 2. The van der Waals surface area contributed by atoms with Gasteiger partial charge in [0, 0.05) is 17.6 Å². The van der Waals surface area contributed by atoms with E-state index in [4.69, 9.17) is 5.73 Å². The Hall–Kier alpha value is -2.03. The number of nitrogens with two attached hydrogens (primary N) is 1. The van der Waals surface area contributed by atoms with E-state index in [2.05, 4.69) is 10.3 Å². The number of nitrogen functional groups attached to an aromatic ring is 1. The molecule has 0 saturated carbocycles. The summed E-state index contributed by atoms with van der Waals surface area (Å²) in [5.41, 5.74) is 7.34. The molecule has 0 saturated heterocycles. The lowest BCUT2D eigenvalue weighted by atomic mass is 10.3. The molecule has 3 nitrogen and oxygen atoms in total. The number of hydrogen-bond acceptors (Lipinski definition) is 3. The van der Waals surface area contributed by atoms with Crippen molar-refractivity contribution in [3.63, 3.8) is 0 Å². The van der Waals surface area contributed by atoms with Gasteiger partial charge < -0.3 is 11.1 Å².